The molecule has 3 aliphatic carbocycles. The number of aliphatic hydroxyl groups is 1. The molecule has 1 heterocycles. The van der Waals surface area contributed by atoms with Crippen LogP contribution in [0.15, 0.2) is 0 Å². The molecule has 0 aromatic rings. The molecule has 4 fully saturated rings. The number of nitrogens with one attached hydrogen (secondary N) is 2. The molecule has 2 amide bonds. The van der Waals surface area contributed by atoms with Gasteiger partial charge in [-0.25, -0.2) is 0 Å². The zero-order valence-corrected chi connectivity index (χ0v) is 38.0. The number of aliphatic hydroxyl groups excluding tert-OH is 1. The topological polar surface area (TPSA) is 200 Å². The predicted octanol–water partition coefficient (Wildman–Crippen LogP) is 6.76. The van der Waals surface area contributed by atoms with Crippen LogP contribution >= 0.6 is 0 Å². The van der Waals surface area contributed by atoms with E-state index >= 15 is 0 Å². The van der Waals surface area contributed by atoms with Gasteiger partial charge in [-0.05, 0) is 95.0 Å². The Hall–Kier alpha value is -2.19. The Morgan fingerprint density at radius 2 is 1.37 bits per heavy atom. The van der Waals surface area contributed by atoms with Crippen LogP contribution < -0.4 is 22.1 Å². The maximum absolute atomic E-state index is 13.8. The van der Waals surface area contributed by atoms with Gasteiger partial charge in [-0.15, -0.1) is 0 Å². The van der Waals surface area contributed by atoms with Crippen molar-refractivity contribution in [1.82, 2.24) is 10.6 Å². The summed E-state index contributed by atoms with van der Waals surface area (Å²) in [5.41, 5.74) is 11.4. The number of hydrogen-bond acceptors (Lipinski definition) is 10. The van der Waals surface area contributed by atoms with Crippen LogP contribution in [0.5, 0.6) is 0 Å². The van der Waals surface area contributed by atoms with Crippen LogP contribution in [0.3, 0.4) is 0 Å². The molecule has 338 valence electrons. The second-order valence-electron chi connectivity index (χ2n) is 19.4. The molecule has 0 aromatic heterocycles. The highest BCUT2D eigenvalue weighted by Crippen LogP contribution is 2.66. The highest BCUT2D eigenvalue weighted by Gasteiger charge is 2.68. The number of amides is 2. The minimum absolute atomic E-state index is 0.00798. The van der Waals surface area contributed by atoms with Gasteiger partial charge in [-0.1, -0.05) is 98.8 Å². The van der Waals surface area contributed by atoms with Crippen molar-refractivity contribution in [3.63, 3.8) is 0 Å². The Balaban J connectivity index is 1.48. The van der Waals surface area contributed by atoms with Crippen LogP contribution in [0.2, 0.25) is 5.82 Å². The lowest BCUT2D eigenvalue weighted by molar-refractivity contribution is -0.199. The van der Waals surface area contributed by atoms with Gasteiger partial charge in [-0.3, -0.25) is 24.0 Å². The molecule has 7 N–H and O–H groups in total. The van der Waals surface area contributed by atoms with Gasteiger partial charge in [0.05, 0.1) is 23.9 Å². The third-order valence-corrected chi connectivity index (χ3v) is 14.1. The number of Topliss-reactive ketones (excluding diaryl/α,β-unsaturated/α-hetero) is 3. The van der Waals surface area contributed by atoms with E-state index in [9.17, 15) is 29.1 Å². The minimum atomic E-state index is -1.27. The SMILES string of the molecule is CCCCCCCCCCCCCC(=O)C[C@@H](CCN)C(=O)N[C@H](C(=O)C[C@@H](C)C(=O)N[C@@H](CCCCN)C(=O)C[C@@H](C)B1O[C@@H]2C[C@@H]3C[C@@H](C3(C)C)[C@]2(C)O1)[C@@H](C)O. The first kappa shape index (κ1) is 51.2. The molecule has 2 bridgehead atoms. The molecular weight excluding hydrogens is 747 g/mol. The lowest BCUT2D eigenvalue weighted by atomic mass is 9.43. The second kappa shape index (κ2) is 25.1. The zero-order valence-electron chi connectivity index (χ0n) is 38.0. The highest BCUT2D eigenvalue weighted by molar-refractivity contribution is 6.47. The summed E-state index contributed by atoms with van der Waals surface area (Å²) in [6, 6.07) is -2.04. The quantitative estimate of drug-likeness (QED) is 0.0356. The molecule has 1 saturated heterocycles. The first-order chi connectivity index (χ1) is 28.0. The van der Waals surface area contributed by atoms with Crippen molar-refractivity contribution in [1.29, 1.82) is 0 Å². The summed E-state index contributed by atoms with van der Waals surface area (Å²) in [6.45, 7) is 14.6. The van der Waals surface area contributed by atoms with E-state index in [1.165, 1.54) is 58.3 Å². The molecule has 59 heavy (non-hydrogen) atoms. The summed E-state index contributed by atoms with van der Waals surface area (Å²) in [5.74, 6) is -2.39. The smallest absolute Gasteiger partial charge is 0.405 e. The Labute approximate surface area is 357 Å². The molecule has 3 saturated carbocycles. The summed E-state index contributed by atoms with van der Waals surface area (Å²) < 4.78 is 13.1. The summed E-state index contributed by atoms with van der Waals surface area (Å²) in [4.78, 5) is 67.2. The molecule has 0 aromatic carbocycles. The summed E-state index contributed by atoms with van der Waals surface area (Å²) in [7, 11) is -0.509. The Bertz CT molecular complexity index is 1350. The van der Waals surface area contributed by atoms with Crippen LogP contribution in [0, 0.1) is 29.1 Å². The Morgan fingerprint density at radius 3 is 1.95 bits per heavy atom. The molecule has 0 spiro atoms. The molecule has 13 heteroatoms. The first-order valence-corrected chi connectivity index (χ1v) is 23.6. The van der Waals surface area contributed by atoms with E-state index in [4.69, 9.17) is 20.8 Å². The van der Waals surface area contributed by atoms with E-state index in [0.29, 0.717) is 44.1 Å². The average molecular weight is 831 g/mol. The summed E-state index contributed by atoms with van der Waals surface area (Å²) in [5, 5.41) is 16.2. The van der Waals surface area contributed by atoms with E-state index < -0.39 is 54.7 Å². The summed E-state index contributed by atoms with van der Waals surface area (Å²) >= 11 is 0. The van der Waals surface area contributed by atoms with Crippen molar-refractivity contribution >= 4 is 36.3 Å². The number of hydrogen-bond donors (Lipinski definition) is 5. The maximum Gasteiger partial charge on any atom is 0.461 e. The molecule has 10 atom stereocenters. The van der Waals surface area contributed by atoms with Crippen molar-refractivity contribution in [2.24, 2.45) is 40.6 Å². The fraction of sp³-hybridized carbons (Fsp3) is 0.891. The van der Waals surface area contributed by atoms with Crippen molar-refractivity contribution in [2.75, 3.05) is 13.1 Å². The lowest BCUT2D eigenvalue weighted by Gasteiger charge is -2.64. The number of unbranched alkanes of at least 4 members (excludes halogenated alkanes) is 11. The average Bonchev–Trinajstić information content (AvgIpc) is 3.55. The van der Waals surface area contributed by atoms with Crippen molar-refractivity contribution in [2.45, 2.75) is 219 Å². The number of carbonyl (C=O) groups excluding carboxylic acids is 5. The van der Waals surface area contributed by atoms with Crippen LogP contribution in [0.1, 0.15) is 183 Å². The molecule has 0 unspecified atom stereocenters. The van der Waals surface area contributed by atoms with E-state index in [1.54, 1.807) is 6.92 Å². The number of nitrogens with two attached hydrogens (primary N) is 2. The van der Waals surface area contributed by atoms with E-state index in [0.717, 1.165) is 32.1 Å². The van der Waals surface area contributed by atoms with Gasteiger partial charge < -0.3 is 36.5 Å². The van der Waals surface area contributed by atoms with Crippen LogP contribution in [0.4, 0.5) is 0 Å². The number of rotatable bonds is 32. The second-order valence-corrected chi connectivity index (χ2v) is 19.4. The fourth-order valence-electron chi connectivity index (χ4n) is 9.97. The molecule has 1 aliphatic heterocycles. The van der Waals surface area contributed by atoms with Gasteiger partial charge in [0.25, 0.3) is 0 Å². The van der Waals surface area contributed by atoms with Gasteiger partial charge in [0.2, 0.25) is 11.8 Å². The van der Waals surface area contributed by atoms with Gasteiger partial charge in [0.1, 0.15) is 11.8 Å². The molecule has 12 nitrogen and oxygen atoms in total. The molecule has 4 rings (SSSR count). The highest BCUT2D eigenvalue weighted by atomic mass is 16.7. The van der Waals surface area contributed by atoms with Gasteiger partial charge in [0.15, 0.2) is 11.6 Å². The van der Waals surface area contributed by atoms with E-state index in [2.05, 4.69) is 38.3 Å². The summed E-state index contributed by atoms with van der Waals surface area (Å²) in [6.07, 6.45) is 16.2. The third kappa shape index (κ3) is 15.0. The van der Waals surface area contributed by atoms with Crippen LogP contribution in [-0.2, 0) is 33.3 Å². The van der Waals surface area contributed by atoms with Crippen molar-refractivity contribution in [3.8, 4) is 0 Å². The van der Waals surface area contributed by atoms with E-state index in [-0.39, 0.29) is 66.7 Å². The lowest BCUT2D eigenvalue weighted by Crippen LogP contribution is -2.65. The normalized spacial score (nSPS) is 24.8. The Morgan fingerprint density at radius 1 is 0.746 bits per heavy atom. The third-order valence-electron chi connectivity index (χ3n) is 14.1. The Kier molecular flexibility index (Phi) is 21.7. The molecule has 0 radical (unpaired) electrons. The molecular formula is C46H83BN4O8. The fourth-order valence-corrected chi connectivity index (χ4v) is 9.97. The minimum Gasteiger partial charge on any atom is -0.405 e. The predicted molar refractivity (Wildman–Crippen MR) is 234 cm³/mol. The zero-order chi connectivity index (χ0) is 43.8. The largest absolute Gasteiger partial charge is 0.461 e. The number of carbonyl (C=O) groups is 5. The number of ketones is 3. The standard InChI is InChI=1S/C46H83BN4O8/c1-8-9-10-11-12-13-14-15-16-17-18-21-36(53)28-34(23-25-49)44(57)51-42(33(4)52)39(55)26-31(2)43(56)50-37(22-19-20-24-48)38(54)27-32(3)47-58-41-30-35-29-40(45(35,5)6)46(41,7)59-47/h31-35,37,40-42,52H,8-30,48-49H2,1-7H3,(H,50,56)(H,51,57)/t31-,32-,33-,34-,35+,37+,40+,41-,42+,46+/m1/s1. The monoisotopic (exact) mass is 831 g/mol. The molecule has 4 aliphatic rings. The van der Waals surface area contributed by atoms with E-state index in [1.807, 2.05) is 6.92 Å². The maximum atomic E-state index is 13.8. The van der Waals surface area contributed by atoms with Crippen molar-refractivity contribution < 1.29 is 38.4 Å². The van der Waals surface area contributed by atoms with Gasteiger partial charge in [0, 0.05) is 37.5 Å². The van der Waals surface area contributed by atoms with Gasteiger partial charge in [-0.2, -0.15) is 0 Å². The van der Waals surface area contributed by atoms with Crippen LogP contribution in [-0.4, -0.2) is 84.4 Å². The first-order valence-electron chi connectivity index (χ1n) is 23.6. The van der Waals surface area contributed by atoms with Crippen LogP contribution in [0.25, 0.3) is 0 Å². The van der Waals surface area contributed by atoms with Gasteiger partial charge >= 0.3 is 7.12 Å². The van der Waals surface area contributed by atoms with Crippen molar-refractivity contribution in [3.05, 3.63) is 0 Å².